The van der Waals surface area contributed by atoms with Crippen molar-refractivity contribution in [1.82, 2.24) is 0 Å². The molecule has 3 atom stereocenters. The number of anilines is 1. The van der Waals surface area contributed by atoms with Gasteiger partial charge in [-0.05, 0) is 50.3 Å². The minimum Gasteiger partial charge on any atom is -0.465 e. The summed E-state index contributed by atoms with van der Waals surface area (Å²) in [6, 6.07) is 4.97. The van der Waals surface area contributed by atoms with Crippen molar-refractivity contribution >= 4 is 23.5 Å². The first-order valence-electron chi connectivity index (χ1n) is 9.98. The standard InChI is InChI=1S/C21H28N2O5/c1-27-20(25)15-9-10-16(21(26)28-2)17(12-15)22-19(24)13-23-11-5-7-14-6-3-4-8-18(14)23/h9-10,12,14,18H,3-8,11,13H2,1-2H3,(H,22,24)/p+1/t14-,18-/m0/s1. The van der Waals surface area contributed by atoms with Gasteiger partial charge in [0.05, 0.1) is 43.6 Å². The molecule has 28 heavy (non-hydrogen) atoms. The molecule has 1 aromatic rings. The Morgan fingerprint density at radius 1 is 1.04 bits per heavy atom. The summed E-state index contributed by atoms with van der Waals surface area (Å²) in [7, 11) is 2.57. The van der Waals surface area contributed by atoms with Crippen LogP contribution < -0.4 is 10.2 Å². The third-order valence-electron chi connectivity index (χ3n) is 6.01. The largest absolute Gasteiger partial charge is 0.465 e. The molecule has 1 aromatic carbocycles. The van der Waals surface area contributed by atoms with Crippen molar-refractivity contribution < 1.29 is 28.8 Å². The lowest BCUT2D eigenvalue weighted by atomic mass is 9.78. The average molecular weight is 389 g/mol. The molecule has 0 bridgehead atoms. The molecule has 1 amide bonds. The molecule has 1 saturated carbocycles. The van der Waals surface area contributed by atoms with Gasteiger partial charge in [-0.1, -0.05) is 6.42 Å². The molecule has 0 aromatic heterocycles. The molecule has 1 heterocycles. The van der Waals surface area contributed by atoms with E-state index in [1.807, 2.05) is 0 Å². The third-order valence-corrected chi connectivity index (χ3v) is 6.01. The van der Waals surface area contributed by atoms with Gasteiger partial charge in [-0.15, -0.1) is 0 Å². The Morgan fingerprint density at radius 2 is 1.75 bits per heavy atom. The number of quaternary nitrogens is 1. The van der Waals surface area contributed by atoms with E-state index in [-0.39, 0.29) is 22.7 Å². The van der Waals surface area contributed by atoms with Gasteiger partial charge in [0, 0.05) is 5.92 Å². The summed E-state index contributed by atoms with van der Waals surface area (Å²) in [5, 5.41) is 2.82. The molecule has 0 spiro atoms. The van der Waals surface area contributed by atoms with E-state index in [4.69, 9.17) is 9.47 Å². The molecule has 0 radical (unpaired) electrons. The number of fused-ring (bicyclic) bond motifs is 1. The van der Waals surface area contributed by atoms with Crippen molar-refractivity contribution in [3.63, 3.8) is 0 Å². The number of ether oxygens (including phenoxy) is 2. The van der Waals surface area contributed by atoms with Crippen LogP contribution in [0.4, 0.5) is 5.69 Å². The zero-order valence-electron chi connectivity index (χ0n) is 16.6. The number of rotatable bonds is 5. The Labute approximate surface area is 165 Å². The number of nitrogens with one attached hydrogen (secondary N) is 2. The van der Waals surface area contributed by atoms with Crippen molar-refractivity contribution in [3.8, 4) is 0 Å². The number of carbonyl (C=O) groups is 3. The summed E-state index contributed by atoms with van der Waals surface area (Å²) in [6.45, 7) is 1.37. The summed E-state index contributed by atoms with van der Waals surface area (Å²) in [4.78, 5) is 38.0. The van der Waals surface area contributed by atoms with Gasteiger partial charge in [0.2, 0.25) is 0 Å². The SMILES string of the molecule is COC(=O)c1ccc(C(=O)OC)c(NC(=O)C[NH+]2CCC[C@@H]3CCCC[C@@H]32)c1. The Kier molecular flexibility index (Phi) is 6.67. The summed E-state index contributed by atoms with van der Waals surface area (Å²) in [5.41, 5.74) is 0.757. The van der Waals surface area contributed by atoms with Crippen LogP contribution in [0.2, 0.25) is 0 Å². The molecule has 1 aliphatic heterocycles. The van der Waals surface area contributed by atoms with E-state index in [2.05, 4.69) is 5.32 Å². The number of hydrogen-bond acceptors (Lipinski definition) is 5. The number of methoxy groups -OCH3 is 2. The first-order valence-corrected chi connectivity index (χ1v) is 9.98. The van der Waals surface area contributed by atoms with Gasteiger partial charge < -0.3 is 19.7 Å². The molecular formula is C21H29N2O5+. The highest BCUT2D eigenvalue weighted by Crippen LogP contribution is 2.28. The third kappa shape index (κ3) is 4.52. The molecule has 1 aliphatic carbocycles. The monoisotopic (exact) mass is 389 g/mol. The normalized spacial score (nSPS) is 24.0. The van der Waals surface area contributed by atoms with Crippen molar-refractivity contribution in [2.24, 2.45) is 5.92 Å². The van der Waals surface area contributed by atoms with Gasteiger partial charge in [0.1, 0.15) is 0 Å². The predicted molar refractivity (Wildman–Crippen MR) is 103 cm³/mol. The van der Waals surface area contributed by atoms with E-state index in [1.54, 1.807) is 0 Å². The maximum absolute atomic E-state index is 12.8. The van der Waals surface area contributed by atoms with Crippen LogP contribution in [-0.4, -0.2) is 51.2 Å². The quantitative estimate of drug-likeness (QED) is 0.744. The van der Waals surface area contributed by atoms with E-state index < -0.39 is 11.9 Å². The predicted octanol–water partition coefficient (Wildman–Crippen LogP) is 1.44. The van der Waals surface area contributed by atoms with E-state index in [0.717, 1.165) is 18.9 Å². The summed E-state index contributed by atoms with van der Waals surface area (Å²) in [6.07, 6.45) is 7.39. The molecule has 7 nitrogen and oxygen atoms in total. The van der Waals surface area contributed by atoms with Gasteiger partial charge in [-0.3, -0.25) is 4.79 Å². The molecule has 2 fully saturated rings. The number of likely N-dealkylation sites (tertiary alicyclic amines) is 1. The van der Waals surface area contributed by atoms with Gasteiger partial charge >= 0.3 is 11.9 Å². The summed E-state index contributed by atoms with van der Waals surface area (Å²) < 4.78 is 9.53. The van der Waals surface area contributed by atoms with E-state index >= 15 is 0 Å². The molecule has 2 aliphatic rings. The zero-order chi connectivity index (χ0) is 20.1. The van der Waals surface area contributed by atoms with Crippen LogP contribution in [-0.2, 0) is 14.3 Å². The highest BCUT2D eigenvalue weighted by atomic mass is 16.5. The van der Waals surface area contributed by atoms with Crippen LogP contribution in [0.5, 0.6) is 0 Å². The number of amides is 1. The lowest BCUT2D eigenvalue weighted by molar-refractivity contribution is -0.928. The van der Waals surface area contributed by atoms with E-state index in [0.29, 0.717) is 12.6 Å². The van der Waals surface area contributed by atoms with Crippen LogP contribution in [0.3, 0.4) is 0 Å². The molecule has 1 saturated heterocycles. The Hall–Kier alpha value is -2.41. The maximum Gasteiger partial charge on any atom is 0.339 e. The number of piperidine rings is 1. The molecule has 1 unspecified atom stereocenters. The molecular weight excluding hydrogens is 360 g/mol. The van der Waals surface area contributed by atoms with Crippen molar-refractivity contribution in [2.75, 3.05) is 32.6 Å². The van der Waals surface area contributed by atoms with Crippen LogP contribution >= 0.6 is 0 Å². The summed E-state index contributed by atoms with van der Waals surface area (Å²) >= 11 is 0. The number of benzene rings is 1. The van der Waals surface area contributed by atoms with E-state index in [1.165, 1.54) is 69.4 Å². The fourth-order valence-electron chi connectivity index (χ4n) is 4.67. The van der Waals surface area contributed by atoms with Crippen molar-refractivity contribution in [1.29, 1.82) is 0 Å². The van der Waals surface area contributed by atoms with Crippen molar-refractivity contribution in [2.45, 2.75) is 44.6 Å². The second-order valence-electron chi connectivity index (χ2n) is 7.67. The highest BCUT2D eigenvalue weighted by Gasteiger charge is 2.37. The minimum absolute atomic E-state index is 0.159. The number of hydrogen-bond donors (Lipinski definition) is 2. The van der Waals surface area contributed by atoms with Crippen LogP contribution in [0.25, 0.3) is 0 Å². The average Bonchev–Trinajstić information content (AvgIpc) is 2.72. The lowest BCUT2D eigenvalue weighted by Gasteiger charge is -2.40. The van der Waals surface area contributed by atoms with Gasteiger partial charge in [0.15, 0.2) is 6.54 Å². The maximum atomic E-state index is 12.8. The van der Waals surface area contributed by atoms with Crippen molar-refractivity contribution in [3.05, 3.63) is 29.3 Å². The molecule has 152 valence electrons. The van der Waals surface area contributed by atoms with Gasteiger partial charge in [-0.2, -0.15) is 0 Å². The number of esters is 2. The molecule has 7 heteroatoms. The Balaban J connectivity index is 1.74. The molecule has 2 N–H and O–H groups in total. The topological polar surface area (TPSA) is 86.1 Å². The smallest absolute Gasteiger partial charge is 0.339 e. The van der Waals surface area contributed by atoms with Crippen LogP contribution in [0.1, 0.15) is 59.2 Å². The Bertz CT molecular complexity index is 746. The van der Waals surface area contributed by atoms with Gasteiger partial charge in [0.25, 0.3) is 5.91 Å². The molecule has 3 rings (SSSR count). The van der Waals surface area contributed by atoms with Gasteiger partial charge in [-0.25, -0.2) is 9.59 Å². The Morgan fingerprint density at radius 3 is 2.50 bits per heavy atom. The number of carbonyl (C=O) groups excluding carboxylic acids is 3. The highest BCUT2D eigenvalue weighted by molar-refractivity contribution is 6.03. The fraction of sp³-hybridized carbons (Fsp3) is 0.571. The second-order valence-corrected chi connectivity index (χ2v) is 7.67. The second kappa shape index (κ2) is 9.19. The van der Waals surface area contributed by atoms with E-state index in [9.17, 15) is 14.4 Å². The summed E-state index contributed by atoms with van der Waals surface area (Å²) in [5.74, 6) is -0.532. The first-order chi connectivity index (χ1) is 13.5. The minimum atomic E-state index is -0.565. The first kappa shape index (κ1) is 20.3. The van der Waals surface area contributed by atoms with Crippen LogP contribution in [0, 0.1) is 5.92 Å². The lowest BCUT2D eigenvalue weighted by Crippen LogP contribution is -3.18. The fourth-order valence-corrected chi connectivity index (χ4v) is 4.67. The zero-order valence-corrected chi connectivity index (χ0v) is 16.6. The van der Waals surface area contributed by atoms with Crippen LogP contribution in [0.15, 0.2) is 18.2 Å².